The number of phenols is 1. The van der Waals surface area contributed by atoms with Gasteiger partial charge in [0.1, 0.15) is 0 Å². The van der Waals surface area contributed by atoms with Crippen LogP contribution in [0.1, 0.15) is 10.4 Å². The number of carbonyl (C=O) groups is 1. The number of phenolic OH excluding ortho intramolecular Hbond substituents is 1. The SMILES string of the molecule is Nc1cccc(C(=O)Nc2ncc[nH]2)c1O. The number of hydrogen-bond donors (Lipinski definition) is 4. The number of nitrogens with two attached hydrogens (primary N) is 1. The van der Waals surface area contributed by atoms with Crippen LogP contribution in [0, 0.1) is 0 Å². The van der Waals surface area contributed by atoms with Crippen LogP contribution in [0.5, 0.6) is 5.75 Å². The standard InChI is InChI=1S/C10H10N4O2/c11-7-3-1-2-6(8(7)15)9(16)14-10-12-4-5-13-10/h1-5,15H,11H2,(H2,12,13,14,16). The Morgan fingerprint density at radius 2 is 2.31 bits per heavy atom. The third-order valence-electron chi connectivity index (χ3n) is 2.04. The molecule has 1 heterocycles. The predicted octanol–water partition coefficient (Wildman–Crippen LogP) is 0.950. The molecule has 2 rings (SSSR count). The Balaban J connectivity index is 2.24. The number of H-pyrrole nitrogens is 1. The monoisotopic (exact) mass is 218 g/mol. The third-order valence-corrected chi connectivity index (χ3v) is 2.04. The molecule has 2 aromatic rings. The molecule has 0 unspecified atom stereocenters. The van der Waals surface area contributed by atoms with Crippen molar-refractivity contribution < 1.29 is 9.90 Å². The van der Waals surface area contributed by atoms with Gasteiger partial charge in [0.25, 0.3) is 5.91 Å². The largest absolute Gasteiger partial charge is 0.505 e. The fourth-order valence-electron chi connectivity index (χ4n) is 1.25. The summed E-state index contributed by atoms with van der Waals surface area (Å²) >= 11 is 0. The first-order valence-corrected chi connectivity index (χ1v) is 4.56. The van der Waals surface area contributed by atoms with E-state index in [9.17, 15) is 9.90 Å². The van der Waals surface area contributed by atoms with Crippen LogP contribution in [0.3, 0.4) is 0 Å². The van der Waals surface area contributed by atoms with Crippen LogP contribution in [-0.4, -0.2) is 21.0 Å². The normalized spacial score (nSPS) is 10.0. The molecular weight excluding hydrogens is 208 g/mol. The average molecular weight is 218 g/mol. The molecule has 1 amide bonds. The van der Waals surface area contributed by atoms with E-state index in [1.54, 1.807) is 12.3 Å². The number of benzene rings is 1. The van der Waals surface area contributed by atoms with Gasteiger partial charge < -0.3 is 15.8 Å². The van der Waals surface area contributed by atoms with Gasteiger partial charge in [-0.1, -0.05) is 6.07 Å². The number of aromatic nitrogens is 2. The molecule has 5 N–H and O–H groups in total. The summed E-state index contributed by atoms with van der Waals surface area (Å²) in [5, 5.41) is 12.1. The van der Waals surface area contributed by atoms with E-state index in [0.717, 1.165) is 0 Å². The van der Waals surface area contributed by atoms with E-state index < -0.39 is 5.91 Å². The topological polar surface area (TPSA) is 104 Å². The van der Waals surface area contributed by atoms with Crippen molar-refractivity contribution in [3.8, 4) is 5.75 Å². The number of imidazole rings is 1. The van der Waals surface area contributed by atoms with E-state index >= 15 is 0 Å². The molecule has 82 valence electrons. The highest BCUT2D eigenvalue weighted by molar-refractivity contribution is 6.06. The van der Waals surface area contributed by atoms with E-state index in [1.165, 1.54) is 18.3 Å². The van der Waals surface area contributed by atoms with Crippen LogP contribution in [-0.2, 0) is 0 Å². The summed E-state index contributed by atoms with van der Waals surface area (Å²) in [5.74, 6) is -0.391. The molecule has 1 aromatic heterocycles. The minimum Gasteiger partial charge on any atom is -0.505 e. The highest BCUT2D eigenvalue weighted by atomic mass is 16.3. The van der Waals surface area contributed by atoms with Crippen LogP contribution in [0.25, 0.3) is 0 Å². The molecule has 0 aliphatic carbocycles. The molecule has 0 atom stereocenters. The van der Waals surface area contributed by atoms with Crippen molar-refractivity contribution >= 4 is 17.5 Å². The second kappa shape index (κ2) is 3.93. The van der Waals surface area contributed by atoms with E-state index in [0.29, 0.717) is 5.95 Å². The molecule has 0 saturated carbocycles. The lowest BCUT2D eigenvalue weighted by Gasteiger charge is -2.05. The summed E-state index contributed by atoms with van der Waals surface area (Å²) in [4.78, 5) is 18.2. The summed E-state index contributed by atoms with van der Waals surface area (Å²) in [6, 6.07) is 4.58. The molecule has 0 saturated heterocycles. The Hall–Kier alpha value is -2.50. The van der Waals surface area contributed by atoms with Crippen molar-refractivity contribution in [3.63, 3.8) is 0 Å². The van der Waals surface area contributed by atoms with Gasteiger partial charge in [-0.25, -0.2) is 4.98 Å². The fourth-order valence-corrected chi connectivity index (χ4v) is 1.25. The summed E-state index contributed by atoms with van der Waals surface area (Å²) < 4.78 is 0. The van der Waals surface area contributed by atoms with Crippen LogP contribution >= 0.6 is 0 Å². The number of carbonyl (C=O) groups excluding carboxylic acids is 1. The lowest BCUT2D eigenvalue weighted by atomic mass is 10.1. The summed E-state index contributed by atoms with van der Waals surface area (Å²) in [7, 11) is 0. The molecule has 16 heavy (non-hydrogen) atoms. The van der Waals surface area contributed by atoms with Gasteiger partial charge >= 0.3 is 0 Å². The molecule has 0 fully saturated rings. The number of amides is 1. The van der Waals surface area contributed by atoms with Gasteiger partial charge in [-0.3, -0.25) is 10.1 Å². The minimum atomic E-state index is -0.472. The number of nitrogen functional groups attached to an aromatic ring is 1. The number of rotatable bonds is 2. The highest BCUT2D eigenvalue weighted by Gasteiger charge is 2.13. The van der Waals surface area contributed by atoms with Crippen molar-refractivity contribution in [2.24, 2.45) is 0 Å². The number of aromatic amines is 1. The van der Waals surface area contributed by atoms with E-state index in [1.807, 2.05) is 0 Å². The summed E-state index contributed by atoms with van der Waals surface area (Å²) in [6.45, 7) is 0. The predicted molar refractivity (Wildman–Crippen MR) is 59.1 cm³/mol. The Morgan fingerprint density at radius 3 is 3.00 bits per heavy atom. The number of para-hydroxylation sites is 1. The molecular formula is C10H10N4O2. The Morgan fingerprint density at radius 1 is 1.50 bits per heavy atom. The van der Waals surface area contributed by atoms with Crippen molar-refractivity contribution in [1.82, 2.24) is 9.97 Å². The van der Waals surface area contributed by atoms with Gasteiger partial charge in [0.05, 0.1) is 11.3 Å². The second-order valence-electron chi connectivity index (χ2n) is 3.14. The van der Waals surface area contributed by atoms with Gasteiger partial charge in [0.15, 0.2) is 5.75 Å². The summed E-state index contributed by atoms with van der Waals surface area (Å²) in [5.41, 5.74) is 5.75. The molecule has 1 aromatic carbocycles. The van der Waals surface area contributed by atoms with Crippen LogP contribution in [0.15, 0.2) is 30.6 Å². The highest BCUT2D eigenvalue weighted by Crippen LogP contribution is 2.24. The van der Waals surface area contributed by atoms with Crippen molar-refractivity contribution in [1.29, 1.82) is 0 Å². The maximum atomic E-state index is 11.7. The molecule has 6 nitrogen and oxygen atoms in total. The maximum Gasteiger partial charge on any atom is 0.261 e. The quantitative estimate of drug-likeness (QED) is 0.445. The minimum absolute atomic E-state index is 0.108. The first kappa shape index (κ1) is 10.0. The second-order valence-corrected chi connectivity index (χ2v) is 3.14. The zero-order valence-electron chi connectivity index (χ0n) is 8.27. The molecule has 0 aliphatic heterocycles. The summed E-state index contributed by atoms with van der Waals surface area (Å²) in [6.07, 6.45) is 3.09. The number of aromatic hydroxyl groups is 1. The number of hydrogen-bond acceptors (Lipinski definition) is 4. The number of nitrogens with zero attached hydrogens (tertiary/aromatic N) is 1. The maximum absolute atomic E-state index is 11.7. The van der Waals surface area contributed by atoms with Crippen LogP contribution in [0.4, 0.5) is 11.6 Å². The van der Waals surface area contributed by atoms with E-state index in [4.69, 9.17) is 5.73 Å². The average Bonchev–Trinajstić information content (AvgIpc) is 2.74. The molecule has 6 heteroatoms. The lowest BCUT2D eigenvalue weighted by Crippen LogP contribution is -2.13. The van der Waals surface area contributed by atoms with Crippen molar-refractivity contribution in [2.45, 2.75) is 0 Å². The van der Waals surface area contributed by atoms with E-state index in [-0.39, 0.29) is 17.0 Å². The zero-order chi connectivity index (χ0) is 11.5. The van der Waals surface area contributed by atoms with Gasteiger partial charge in [0, 0.05) is 12.4 Å². The number of nitrogens with one attached hydrogen (secondary N) is 2. The smallest absolute Gasteiger partial charge is 0.261 e. The van der Waals surface area contributed by atoms with Crippen LogP contribution < -0.4 is 11.1 Å². The molecule has 0 spiro atoms. The molecule has 0 bridgehead atoms. The Labute approximate surface area is 91.1 Å². The first-order chi connectivity index (χ1) is 7.68. The van der Waals surface area contributed by atoms with E-state index in [2.05, 4.69) is 15.3 Å². The molecule has 0 aliphatic rings. The molecule has 0 radical (unpaired) electrons. The Bertz CT molecular complexity index is 508. The Kier molecular flexibility index (Phi) is 2.47. The zero-order valence-corrected chi connectivity index (χ0v) is 8.27. The fraction of sp³-hybridized carbons (Fsp3) is 0. The number of anilines is 2. The van der Waals surface area contributed by atoms with Gasteiger partial charge in [0.2, 0.25) is 5.95 Å². The first-order valence-electron chi connectivity index (χ1n) is 4.56. The lowest BCUT2D eigenvalue weighted by molar-refractivity contribution is 0.102. The third kappa shape index (κ3) is 1.81. The van der Waals surface area contributed by atoms with Crippen molar-refractivity contribution in [3.05, 3.63) is 36.2 Å². The van der Waals surface area contributed by atoms with Gasteiger partial charge in [-0.05, 0) is 12.1 Å². The van der Waals surface area contributed by atoms with Gasteiger partial charge in [-0.2, -0.15) is 0 Å². The van der Waals surface area contributed by atoms with Crippen molar-refractivity contribution in [2.75, 3.05) is 11.1 Å². The van der Waals surface area contributed by atoms with Crippen LogP contribution in [0.2, 0.25) is 0 Å². The van der Waals surface area contributed by atoms with Gasteiger partial charge in [-0.15, -0.1) is 0 Å².